The number of hydrogen-bond donors (Lipinski definition) is 2. The molecule has 2 aromatic rings. The molecular weight excluding hydrogens is 444 g/mol. The molecule has 0 amide bonds. The average Bonchev–Trinajstić information content (AvgIpc) is 3.15. The van der Waals surface area contributed by atoms with Crippen LogP contribution in [0, 0.1) is 11.8 Å². The summed E-state index contributed by atoms with van der Waals surface area (Å²) < 4.78 is 5.38. The fraction of sp³-hybridized carbons (Fsp3) is 0.679. The Hall–Kier alpha value is -1.34. The molecule has 1 aliphatic heterocycles. The number of piperidine rings is 1. The quantitative estimate of drug-likeness (QED) is 0.436. The number of benzene rings is 1. The number of ether oxygens (including phenoxy) is 1. The number of likely N-dealkylation sites (tertiary alicyclic amines) is 1. The Labute approximate surface area is 209 Å². The van der Waals surface area contributed by atoms with Gasteiger partial charge in [-0.25, -0.2) is 0 Å². The van der Waals surface area contributed by atoms with Crippen molar-refractivity contribution in [2.24, 2.45) is 11.8 Å². The van der Waals surface area contributed by atoms with Crippen LogP contribution in [0.25, 0.3) is 10.9 Å². The predicted molar refractivity (Wildman–Crippen MR) is 142 cm³/mol. The molecule has 1 unspecified atom stereocenters. The zero-order chi connectivity index (χ0) is 23.8. The summed E-state index contributed by atoms with van der Waals surface area (Å²) in [5.74, 6) is 2.76. The molecule has 1 aliphatic carbocycles. The van der Waals surface area contributed by atoms with Crippen molar-refractivity contribution in [3.8, 4) is 5.75 Å². The minimum absolute atomic E-state index is 0.239. The van der Waals surface area contributed by atoms with Crippen LogP contribution in [0.5, 0.6) is 5.75 Å². The van der Waals surface area contributed by atoms with E-state index in [2.05, 4.69) is 21.6 Å². The van der Waals surface area contributed by atoms with Crippen molar-refractivity contribution in [3.63, 3.8) is 0 Å². The molecule has 2 fully saturated rings. The summed E-state index contributed by atoms with van der Waals surface area (Å²) in [6.07, 6.45) is 12.4. The van der Waals surface area contributed by atoms with E-state index in [4.69, 9.17) is 4.74 Å². The lowest BCUT2D eigenvalue weighted by molar-refractivity contribution is 0.0608. The summed E-state index contributed by atoms with van der Waals surface area (Å²) in [5.41, 5.74) is 1.79. The number of nitrogens with zero attached hydrogens (tertiary/aromatic N) is 2. The molecule has 2 N–H and O–H groups in total. The zero-order valence-corrected chi connectivity index (χ0v) is 21.5. The number of rotatable bonds is 10. The van der Waals surface area contributed by atoms with E-state index >= 15 is 0 Å². The summed E-state index contributed by atoms with van der Waals surface area (Å²) in [6, 6.07) is 7.73. The zero-order valence-electron chi connectivity index (χ0n) is 20.7. The lowest BCUT2D eigenvalue weighted by Gasteiger charge is -2.38. The maximum Gasteiger partial charge on any atom is 0.119 e. The highest BCUT2D eigenvalue weighted by Gasteiger charge is 2.29. The van der Waals surface area contributed by atoms with Gasteiger partial charge in [-0.2, -0.15) is 11.8 Å². The standard InChI is InChI=1S/C28H42N2O3S/c1-33-23-9-10-27-26(18-23)25(12-14-29-27)28(32)11-8-21-13-15-30(19-22(21)20-31)16-17-34-24-6-4-2-3-5-7-24/h9-10,12,14,18,21-22,24,28,31-32H,2-8,11,13,15-17,19-20H2,1H3/t21-,22-,28?/m1/s1. The van der Waals surface area contributed by atoms with Crippen LogP contribution >= 0.6 is 11.8 Å². The summed E-state index contributed by atoms with van der Waals surface area (Å²) in [4.78, 5) is 6.99. The fourth-order valence-electron chi connectivity index (χ4n) is 5.79. The first kappa shape index (κ1) is 25.7. The molecule has 4 rings (SSSR count). The van der Waals surface area contributed by atoms with Gasteiger partial charge in [-0.3, -0.25) is 4.98 Å². The van der Waals surface area contributed by atoms with Gasteiger partial charge in [0.15, 0.2) is 0 Å². The van der Waals surface area contributed by atoms with Gasteiger partial charge >= 0.3 is 0 Å². The molecule has 1 aromatic heterocycles. The normalized spacial score (nSPS) is 23.6. The third-order valence-electron chi connectivity index (χ3n) is 7.93. The first-order valence-electron chi connectivity index (χ1n) is 13.2. The van der Waals surface area contributed by atoms with Gasteiger partial charge in [0.25, 0.3) is 0 Å². The van der Waals surface area contributed by atoms with Gasteiger partial charge in [-0.05, 0) is 80.3 Å². The summed E-state index contributed by atoms with van der Waals surface area (Å²) in [7, 11) is 1.66. The smallest absolute Gasteiger partial charge is 0.119 e. The first-order chi connectivity index (χ1) is 16.7. The van der Waals surface area contributed by atoms with E-state index in [1.807, 2.05) is 24.3 Å². The second kappa shape index (κ2) is 13.1. The van der Waals surface area contributed by atoms with E-state index in [1.54, 1.807) is 13.3 Å². The highest BCUT2D eigenvalue weighted by atomic mass is 32.2. The largest absolute Gasteiger partial charge is 0.497 e. The lowest BCUT2D eigenvalue weighted by Crippen LogP contribution is -2.43. The Morgan fingerprint density at radius 3 is 2.71 bits per heavy atom. The average molecular weight is 487 g/mol. The molecule has 1 saturated carbocycles. The van der Waals surface area contributed by atoms with E-state index in [9.17, 15) is 10.2 Å². The van der Waals surface area contributed by atoms with Crippen LogP contribution < -0.4 is 4.74 Å². The molecule has 2 aliphatic rings. The molecule has 188 valence electrons. The third-order valence-corrected chi connectivity index (χ3v) is 9.29. The maximum absolute atomic E-state index is 11.0. The summed E-state index contributed by atoms with van der Waals surface area (Å²) >= 11 is 2.18. The Morgan fingerprint density at radius 2 is 1.94 bits per heavy atom. The van der Waals surface area contributed by atoms with Gasteiger partial charge in [0.05, 0.1) is 18.7 Å². The SMILES string of the molecule is COc1ccc2nccc(C(O)CC[C@@H]3CCN(CCSC4CCCCCC4)C[C@@H]3CO)c2c1. The predicted octanol–water partition coefficient (Wildman–Crippen LogP) is 5.44. The summed E-state index contributed by atoms with van der Waals surface area (Å²) in [6.45, 7) is 3.47. The van der Waals surface area contributed by atoms with Gasteiger partial charge in [0.2, 0.25) is 0 Å². The summed E-state index contributed by atoms with van der Waals surface area (Å²) in [5, 5.41) is 23.0. The molecule has 0 spiro atoms. The van der Waals surface area contributed by atoms with Gasteiger partial charge in [0.1, 0.15) is 5.75 Å². The number of thioether (sulfide) groups is 1. The molecule has 0 radical (unpaired) electrons. The number of aliphatic hydroxyl groups excluding tert-OH is 2. The van der Waals surface area contributed by atoms with Gasteiger partial charge in [-0.15, -0.1) is 0 Å². The molecule has 1 aromatic carbocycles. The minimum atomic E-state index is -0.536. The Balaban J connectivity index is 1.26. The topological polar surface area (TPSA) is 65.8 Å². The second-order valence-electron chi connectivity index (χ2n) is 10.2. The van der Waals surface area contributed by atoms with Crippen molar-refractivity contribution in [1.82, 2.24) is 9.88 Å². The van der Waals surface area contributed by atoms with Crippen molar-refractivity contribution in [3.05, 3.63) is 36.0 Å². The van der Waals surface area contributed by atoms with E-state index in [0.29, 0.717) is 18.3 Å². The van der Waals surface area contributed by atoms with Crippen molar-refractivity contribution < 1.29 is 14.9 Å². The molecule has 34 heavy (non-hydrogen) atoms. The van der Waals surface area contributed by atoms with Crippen molar-refractivity contribution in [1.29, 1.82) is 0 Å². The number of fused-ring (bicyclic) bond motifs is 1. The number of aromatic nitrogens is 1. The Morgan fingerprint density at radius 1 is 1.12 bits per heavy atom. The number of methoxy groups -OCH3 is 1. The monoisotopic (exact) mass is 486 g/mol. The van der Waals surface area contributed by atoms with Crippen molar-refractivity contribution in [2.45, 2.75) is 69.1 Å². The van der Waals surface area contributed by atoms with E-state index in [0.717, 1.165) is 59.9 Å². The van der Waals surface area contributed by atoms with Crippen molar-refractivity contribution in [2.75, 3.05) is 39.1 Å². The number of aliphatic hydroxyl groups is 2. The molecule has 5 nitrogen and oxygen atoms in total. The lowest BCUT2D eigenvalue weighted by atomic mass is 9.81. The molecule has 0 bridgehead atoms. The highest BCUT2D eigenvalue weighted by molar-refractivity contribution is 7.99. The highest BCUT2D eigenvalue weighted by Crippen LogP contribution is 2.34. The molecule has 3 atom stereocenters. The molecular formula is C28H42N2O3S. The van der Waals surface area contributed by atoms with Crippen LogP contribution in [-0.2, 0) is 0 Å². The van der Waals surface area contributed by atoms with Crippen molar-refractivity contribution >= 4 is 22.7 Å². The van der Waals surface area contributed by atoms with Gasteiger partial charge in [0, 0.05) is 42.3 Å². The Kier molecular flexibility index (Phi) is 9.92. The van der Waals surface area contributed by atoms with Crippen LogP contribution in [-0.4, -0.2) is 64.5 Å². The van der Waals surface area contributed by atoms with Crippen LogP contribution in [0.3, 0.4) is 0 Å². The van der Waals surface area contributed by atoms with Gasteiger partial charge in [-0.1, -0.05) is 25.7 Å². The Bertz CT molecular complexity index is 887. The van der Waals surface area contributed by atoms with Crippen LogP contribution in [0.15, 0.2) is 30.5 Å². The fourth-order valence-corrected chi connectivity index (χ4v) is 7.16. The van der Waals surface area contributed by atoms with E-state index in [-0.39, 0.29) is 6.61 Å². The number of hydrogen-bond acceptors (Lipinski definition) is 6. The number of pyridine rings is 1. The second-order valence-corrected chi connectivity index (χ2v) is 11.6. The third kappa shape index (κ3) is 6.87. The molecule has 2 heterocycles. The van der Waals surface area contributed by atoms with Crippen LogP contribution in [0.1, 0.15) is 69.5 Å². The maximum atomic E-state index is 11.0. The minimum Gasteiger partial charge on any atom is -0.497 e. The van der Waals surface area contributed by atoms with E-state index in [1.165, 1.54) is 44.3 Å². The molecule has 1 saturated heterocycles. The van der Waals surface area contributed by atoms with Crippen LogP contribution in [0.2, 0.25) is 0 Å². The first-order valence-corrected chi connectivity index (χ1v) is 14.3. The van der Waals surface area contributed by atoms with Gasteiger partial charge < -0.3 is 19.8 Å². The molecule has 6 heteroatoms. The van der Waals surface area contributed by atoms with E-state index < -0.39 is 6.10 Å². The van der Waals surface area contributed by atoms with Crippen LogP contribution in [0.4, 0.5) is 0 Å².